The molecule has 1 aliphatic rings. The van der Waals surface area contributed by atoms with Crippen LogP contribution in [0.3, 0.4) is 0 Å². The van der Waals surface area contributed by atoms with E-state index in [0.29, 0.717) is 6.04 Å². The highest BCUT2D eigenvalue weighted by atomic mass is 79.9. The van der Waals surface area contributed by atoms with Gasteiger partial charge in [0.1, 0.15) is 11.9 Å². The van der Waals surface area contributed by atoms with Crippen molar-refractivity contribution in [1.29, 1.82) is 0 Å². The summed E-state index contributed by atoms with van der Waals surface area (Å²) in [6, 6.07) is 4.43. The Labute approximate surface area is 107 Å². The first-order chi connectivity index (χ1) is 7.17. The third kappa shape index (κ3) is 1.95. The molecule has 0 saturated heterocycles. The van der Waals surface area contributed by atoms with Crippen LogP contribution in [0.4, 0.5) is 0 Å². The second kappa shape index (κ2) is 4.44. The van der Waals surface area contributed by atoms with Crippen molar-refractivity contribution >= 4 is 31.9 Å². The molecule has 1 heterocycles. The number of rotatable bonds is 2. The van der Waals surface area contributed by atoms with Crippen molar-refractivity contribution in [2.75, 3.05) is 7.05 Å². The van der Waals surface area contributed by atoms with E-state index < -0.39 is 0 Å². The maximum Gasteiger partial charge on any atom is 0.138 e. The first-order valence-electron chi connectivity index (χ1n) is 5.00. The van der Waals surface area contributed by atoms with Gasteiger partial charge in [0.05, 0.1) is 10.5 Å². The van der Waals surface area contributed by atoms with Crippen molar-refractivity contribution in [3.63, 3.8) is 0 Å². The Kier molecular flexibility index (Phi) is 3.38. The van der Waals surface area contributed by atoms with Gasteiger partial charge in [-0.05, 0) is 41.5 Å². The van der Waals surface area contributed by atoms with Gasteiger partial charge in [-0.25, -0.2) is 0 Å². The lowest BCUT2D eigenvalue weighted by molar-refractivity contribution is 0.188. The number of ether oxygens (including phenoxy) is 1. The minimum absolute atomic E-state index is 0.232. The number of halogens is 2. The first kappa shape index (κ1) is 11.4. The molecule has 0 saturated carbocycles. The summed E-state index contributed by atoms with van der Waals surface area (Å²) in [6.45, 7) is 2.14. The van der Waals surface area contributed by atoms with Crippen molar-refractivity contribution in [1.82, 2.24) is 5.32 Å². The number of benzene rings is 1. The van der Waals surface area contributed by atoms with E-state index in [4.69, 9.17) is 4.74 Å². The Morgan fingerprint density at radius 2 is 2.13 bits per heavy atom. The molecular weight excluding hydrogens is 322 g/mol. The molecule has 82 valence electrons. The van der Waals surface area contributed by atoms with Crippen molar-refractivity contribution < 1.29 is 4.74 Å². The zero-order chi connectivity index (χ0) is 11.0. The lowest BCUT2D eigenvalue weighted by Crippen LogP contribution is -2.27. The molecule has 2 unspecified atom stereocenters. The van der Waals surface area contributed by atoms with E-state index in [9.17, 15) is 0 Å². The minimum atomic E-state index is 0.232. The number of likely N-dealkylation sites (N-methyl/N-ethyl adjacent to an activating group) is 1. The smallest absolute Gasteiger partial charge is 0.138 e. The fraction of sp³-hybridized carbons (Fsp3) is 0.455. The van der Waals surface area contributed by atoms with E-state index in [1.54, 1.807) is 0 Å². The Morgan fingerprint density at radius 3 is 2.73 bits per heavy atom. The van der Waals surface area contributed by atoms with Crippen LogP contribution in [0, 0.1) is 0 Å². The zero-order valence-electron chi connectivity index (χ0n) is 8.68. The van der Waals surface area contributed by atoms with Crippen LogP contribution < -0.4 is 10.1 Å². The van der Waals surface area contributed by atoms with Crippen LogP contribution in [0.2, 0.25) is 0 Å². The van der Waals surface area contributed by atoms with Gasteiger partial charge in [-0.2, -0.15) is 0 Å². The van der Waals surface area contributed by atoms with Crippen LogP contribution in [-0.2, 0) is 0 Å². The van der Waals surface area contributed by atoms with Crippen LogP contribution in [0.25, 0.3) is 0 Å². The highest BCUT2D eigenvalue weighted by Crippen LogP contribution is 2.44. The third-order valence-electron chi connectivity index (χ3n) is 2.73. The largest absolute Gasteiger partial charge is 0.487 e. The van der Waals surface area contributed by atoms with Crippen LogP contribution in [-0.4, -0.2) is 13.2 Å². The fourth-order valence-corrected chi connectivity index (χ4v) is 3.37. The summed E-state index contributed by atoms with van der Waals surface area (Å²) in [5.74, 6) is 0.976. The SMILES string of the molecule is CCC1Oc2c(Br)cc(Br)cc2C1NC. The molecule has 4 heteroatoms. The summed E-state index contributed by atoms with van der Waals surface area (Å²) in [5, 5.41) is 3.31. The molecule has 0 amide bonds. The Balaban J connectivity index is 2.47. The lowest BCUT2D eigenvalue weighted by atomic mass is 10.0. The maximum atomic E-state index is 5.92. The molecule has 1 aromatic rings. The summed E-state index contributed by atoms with van der Waals surface area (Å²) < 4.78 is 8.01. The van der Waals surface area contributed by atoms with Gasteiger partial charge in [0, 0.05) is 10.0 Å². The maximum absolute atomic E-state index is 5.92. The molecule has 0 bridgehead atoms. The molecule has 1 N–H and O–H groups in total. The van der Waals surface area contributed by atoms with E-state index >= 15 is 0 Å². The molecule has 0 spiro atoms. The predicted octanol–water partition coefficient (Wildman–Crippen LogP) is 3.64. The van der Waals surface area contributed by atoms with E-state index in [2.05, 4.69) is 50.2 Å². The van der Waals surface area contributed by atoms with Gasteiger partial charge >= 0.3 is 0 Å². The lowest BCUT2D eigenvalue weighted by Gasteiger charge is -2.16. The first-order valence-corrected chi connectivity index (χ1v) is 6.58. The summed E-state index contributed by atoms with van der Waals surface area (Å²) in [4.78, 5) is 0. The van der Waals surface area contributed by atoms with Crippen molar-refractivity contribution in [2.24, 2.45) is 0 Å². The average molecular weight is 335 g/mol. The number of hydrogen-bond donors (Lipinski definition) is 1. The molecule has 2 rings (SSSR count). The molecule has 0 fully saturated rings. The molecule has 2 atom stereocenters. The Bertz CT molecular complexity index is 381. The summed E-state index contributed by atoms with van der Waals surface area (Å²) in [7, 11) is 1.97. The molecule has 1 aromatic carbocycles. The standard InChI is InChI=1S/C11H13Br2NO/c1-3-9-10(14-2)7-4-6(12)5-8(13)11(7)15-9/h4-5,9-10,14H,3H2,1-2H3. The monoisotopic (exact) mass is 333 g/mol. The Hall–Kier alpha value is -0.0600. The van der Waals surface area contributed by atoms with Crippen LogP contribution in [0.5, 0.6) is 5.75 Å². The summed E-state index contributed by atoms with van der Waals surface area (Å²) >= 11 is 7.03. The zero-order valence-corrected chi connectivity index (χ0v) is 11.9. The quantitative estimate of drug-likeness (QED) is 0.891. The van der Waals surface area contributed by atoms with Crippen LogP contribution >= 0.6 is 31.9 Å². The molecule has 0 radical (unpaired) electrons. The highest BCUT2D eigenvalue weighted by molar-refractivity contribution is 9.11. The average Bonchev–Trinajstić information content (AvgIpc) is 2.55. The molecule has 2 nitrogen and oxygen atoms in total. The van der Waals surface area contributed by atoms with Gasteiger partial charge < -0.3 is 10.1 Å². The number of hydrogen-bond acceptors (Lipinski definition) is 2. The third-order valence-corrected chi connectivity index (χ3v) is 3.77. The van der Waals surface area contributed by atoms with Gasteiger partial charge in [0.2, 0.25) is 0 Å². The molecular formula is C11H13Br2NO. The van der Waals surface area contributed by atoms with Gasteiger partial charge in [0.25, 0.3) is 0 Å². The number of nitrogens with one attached hydrogen (secondary N) is 1. The predicted molar refractivity (Wildman–Crippen MR) is 68.3 cm³/mol. The number of fused-ring (bicyclic) bond motifs is 1. The van der Waals surface area contributed by atoms with Crippen LogP contribution in [0.15, 0.2) is 21.1 Å². The Morgan fingerprint density at radius 1 is 1.40 bits per heavy atom. The van der Waals surface area contributed by atoms with Gasteiger partial charge in [-0.1, -0.05) is 22.9 Å². The van der Waals surface area contributed by atoms with Gasteiger partial charge in [-0.15, -0.1) is 0 Å². The van der Waals surface area contributed by atoms with E-state index in [1.807, 2.05) is 13.1 Å². The van der Waals surface area contributed by atoms with E-state index in [1.165, 1.54) is 5.56 Å². The van der Waals surface area contributed by atoms with Crippen LogP contribution in [0.1, 0.15) is 24.9 Å². The highest BCUT2D eigenvalue weighted by Gasteiger charge is 2.33. The van der Waals surface area contributed by atoms with Crippen molar-refractivity contribution in [3.05, 3.63) is 26.6 Å². The molecule has 15 heavy (non-hydrogen) atoms. The normalized spacial score (nSPS) is 23.7. The molecule has 0 aromatic heterocycles. The van der Waals surface area contributed by atoms with E-state index in [-0.39, 0.29) is 6.10 Å². The van der Waals surface area contributed by atoms with Gasteiger partial charge in [0.15, 0.2) is 0 Å². The molecule has 0 aliphatic carbocycles. The van der Waals surface area contributed by atoms with Crippen molar-refractivity contribution in [2.45, 2.75) is 25.5 Å². The minimum Gasteiger partial charge on any atom is -0.487 e. The van der Waals surface area contributed by atoms with Crippen molar-refractivity contribution in [3.8, 4) is 5.75 Å². The topological polar surface area (TPSA) is 21.3 Å². The summed E-state index contributed by atoms with van der Waals surface area (Å²) in [6.07, 6.45) is 1.24. The summed E-state index contributed by atoms with van der Waals surface area (Å²) in [5.41, 5.74) is 1.23. The van der Waals surface area contributed by atoms with Gasteiger partial charge in [-0.3, -0.25) is 0 Å². The second-order valence-corrected chi connectivity index (χ2v) is 5.41. The fourth-order valence-electron chi connectivity index (χ4n) is 2.02. The second-order valence-electron chi connectivity index (χ2n) is 3.64. The molecule has 1 aliphatic heterocycles. The van der Waals surface area contributed by atoms with E-state index in [0.717, 1.165) is 21.1 Å².